The van der Waals surface area contributed by atoms with Gasteiger partial charge >= 0.3 is 5.97 Å². The van der Waals surface area contributed by atoms with E-state index in [-0.39, 0.29) is 16.4 Å². The van der Waals surface area contributed by atoms with Gasteiger partial charge < -0.3 is 10.0 Å². The van der Waals surface area contributed by atoms with Gasteiger partial charge in [-0.1, -0.05) is 11.6 Å². The van der Waals surface area contributed by atoms with Gasteiger partial charge in [0.05, 0.1) is 0 Å². The van der Waals surface area contributed by atoms with Crippen LogP contribution in [0.25, 0.3) is 5.65 Å². The molecule has 0 spiro atoms. The van der Waals surface area contributed by atoms with Crippen LogP contribution in [0.1, 0.15) is 20.8 Å². The van der Waals surface area contributed by atoms with Crippen LogP contribution in [0.15, 0.2) is 12.3 Å². The first-order valence-electron chi connectivity index (χ1n) is 4.91. The van der Waals surface area contributed by atoms with Crippen molar-refractivity contribution < 1.29 is 14.7 Å². The van der Waals surface area contributed by atoms with Gasteiger partial charge in [-0.15, -0.1) is 0 Å². The average Bonchev–Trinajstić information content (AvgIpc) is 2.66. The van der Waals surface area contributed by atoms with E-state index in [1.54, 1.807) is 0 Å². The Kier molecular flexibility index (Phi) is 2.92. The standard InChI is InChI=1S/C10H9ClN4O3/c1-14(2)9(16)8-5(10(17)18)4-12-7-3-6(11)13-15(7)8/h3-4H,1-2H3,(H,17,18). The van der Waals surface area contributed by atoms with E-state index in [0.29, 0.717) is 5.65 Å². The van der Waals surface area contributed by atoms with Crippen LogP contribution < -0.4 is 0 Å². The van der Waals surface area contributed by atoms with E-state index in [2.05, 4.69) is 10.1 Å². The molecule has 0 saturated heterocycles. The van der Waals surface area contributed by atoms with E-state index >= 15 is 0 Å². The topological polar surface area (TPSA) is 87.8 Å². The van der Waals surface area contributed by atoms with Crippen molar-refractivity contribution in [2.24, 2.45) is 0 Å². The van der Waals surface area contributed by atoms with Gasteiger partial charge in [0.25, 0.3) is 5.91 Å². The number of halogens is 1. The summed E-state index contributed by atoms with van der Waals surface area (Å²) in [4.78, 5) is 28.3. The van der Waals surface area contributed by atoms with Crippen LogP contribution in [0.2, 0.25) is 5.15 Å². The zero-order valence-electron chi connectivity index (χ0n) is 9.59. The highest BCUT2D eigenvalue weighted by molar-refractivity contribution is 6.29. The first-order chi connectivity index (χ1) is 8.41. The van der Waals surface area contributed by atoms with Gasteiger partial charge in [-0.3, -0.25) is 4.79 Å². The second-order valence-corrected chi connectivity index (χ2v) is 4.15. The normalized spacial score (nSPS) is 10.6. The summed E-state index contributed by atoms with van der Waals surface area (Å²) in [5, 5.41) is 13.1. The monoisotopic (exact) mass is 268 g/mol. The van der Waals surface area contributed by atoms with Crippen molar-refractivity contribution in [1.82, 2.24) is 19.5 Å². The molecule has 2 aromatic heterocycles. The Bertz CT molecular complexity index is 650. The third-order valence-electron chi connectivity index (χ3n) is 2.29. The predicted octanol–water partition coefficient (Wildman–Crippen LogP) is 0.783. The fourth-order valence-electron chi connectivity index (χ4n) is 1.48. The van der Waals surface area contributed by atoms with Gasteiger partial charge in [-0.25, -0.2) is 14.3 Å². The molecule has 7 nitrogen and oxygen atoms in total. The van der Waals surface area contributed by atoms with Crippen molar-refractivity contribution in [2.75, 3.05) is 14.1 Å². The number of amides is 1. The highest BCUT2D eigenvalue weighted by Crippen LogP contribution is 2.16. The Balaban J connectivity index is 2.82. The number of fused-ring (bicyclic) bond motifs is 1. The molecular weight excluding hydrogens is 260 g/mol. The van der Waals surface area contributed by atoms with Gasteiger partial charge in [-0.05, 0) is 0 Å². The van der Waals surface area contributed by atoms with Crippen molar-refractivity contribution in [1.29, 1.82) is 0 Å². The molecule has 1 N–H and O–H groups in total. The molecule has 1 amide bonds. The summed E-state index contributed by atoms with van der Waals surface area (Å²) in [6.45, 7) is 0. The number of nitrogens with zero attached hydrogens (tertiary/aromatic N) is 4. The average molecular weight is 269 g/mol. The summed E-state index contributed by atoms with van der Waals surface area (Å²) in [5.41, 5.74) is 0.0144. The van der Waals surface area contributed by atoms with Crippen LogP contribution in [-0.2, 0) is 0 Å². The molecule has 0 fully saturated rings. The zero-order valence-corrected chi connectivity index (χ0v) is 10.3. The maximum atomic E-state index is 12.0. The molecule has 0 aliphatic heterocycles. The highest BCUT2D eigenvalue weighted by atomic mass is 35.5. The molecule has 94 valence electrons. The lowest BCUT2D eigenvalue weighted by molar-refractivity contribution is 0.0682. The van der Waals surface area contributed by atoms with Crippen molar-refractivity contribution in [3.8, 4) is 0 Å². The Morgan fingerprint density at radius 1 is 1.44 bits per heavy atom. The smallest absolute Gasteiger partial charge is 0.339 e. The van der Waals surface area contributed by atoms with E-state index in [1.807, 2.05) is 0 Å². The summed E-state index contributed by atoms with van der Waals surface area (Å²) in [6.07, 6.45) is 1.12. The third-order valence-corrected chi connectivity index (χ3v) is 2.48. The molecule has 2 aromatic rings. The van der Waals surface area contributed by atoms with Crippen LogP contribution in [0.3, 0.4) is 0 Å². The molecule has 2 rings (SSSR count). The maximum Gasteiger partial charge on any atom is 0.339 e. The molecule has 0 atom stereocenters. The minimum Gasteiger partial charge on any atom is -0.478 e. The lowest BCUT2D eigenvalue weighted by Gasteiger charge is -2.12. The molecule has 18 heavy (non-hydrogen) atoms. The second kappa shape index (κ2) is 4.26. The van der Waals surface area contributed by atoms with E-state index in [9.17, 15) is 9.59 Å². The quantitative estimate of drug-likeness (QED) is 0.870. The number of rotatable bonds is 2. The number of hydrogen-bond donors (Lipinski definition) is 1. The Morgan fingerprint density at radius 3 is 2.67 bits per heavy atom. The molecule has 0 unspecified atom stereocenters. The largest absolute Gasteiger partial charge is 0.478 e. The van der Waals surface area contributed by atoms with Gasteiger partial charge in [0.15, 0.2) is 10.8 Å². The van der Waals surface area contributed by atoms with Gasteiger partial charge in [0.2, 0.25) is 0 Å². The highest BCUT2D eigenvalue weighted by Gasteiger charge is 2.23. The summed E-state index contributed by atoms with van der Waals surface area (Å²) in [5.74, 6) is -1.74. The Labute approximate surface area is 107 Å². The number of carboxylic acid groups (broad SMARTS) is 1. The van der Waals surface area contributed by atoms with Gasteiger partial charge in [0.1, 0.15) is 11.3 Å². The molecule has 0 aliphatic carbocycles. The fourth-order valence-corrected chi connectivity index (χ4v) is 1.65. The third kappa shape index (κ3) is 1.88. The van der Waals surface area contributed by atoms with Crippen molar-refractivity contribution in [3.05, 3.63) is 28.7 Å². The summed E-state index contributed by atoms with van der Waals surface area (Å²) >= 11 is 5.73. The fraction of sp³-hybridized carbons (Fsp3) is 0.200. The number of hydrogen-bond acceptors (Lipinski definition) is 4. The lowest BCUT2D eigenvalue weighted by Crippen LogP contribution is -2.27. The van der Waals surface area contributed by atoms with E-state index < -0.39 is 11.9 Å². The molecule has 0 radical (unpaired) electrons. The zero-order chi connectivity index (χ0) is 13.4. The van der Waals surface area contributed by atoms with E-state index in [0.717, 1.165) is 10.7 Å². The molecule has 0 saturated carbocycles. The van der Waals surface area contributed by atoms with Gasteiger partial charge in [-0.2, -0.15) is 5.10 Å². The van der Waals surface area contributed by atoms with Crippen molar-refractivity contribution >= 4 is 29.1 Å². The summed E-state index contributed by atoms with van der Waals surface area (Å²) < 4.78 is 1.13. The molecule has 8 heteroatoms. The molecule has 0 aliphatic rings. The minimum atomic E-state index is -1.25. The number of carbonyl (C=O) groups excluding carboxylic acids is 1. The van der Waals surface area contributed by atoms with Crippen LogP contribution in [0.4, 0.5) is 0 Å². The van der Waals surface area contributed by atoms with Crippen molar-refractivity contribution in [2.45, 2.75) is 0 Å². The van der Waals surface area contributed by atoms with E-state index in [4.69, 9.17) is 16.7 Å². The Hall–Kier alpha value is -2.15. The van der Waals surface area contributed by atoms with Gasteiger partial charge in [0, 0.05) is 26.4 Å². The first-order valence-corrected chi connectivity index (χ1v) is 5.29. The number of aromatic carboxylic acids is 1. The molecule has 2 heterocycles. The van der Waals surface area contributed by atoms with Crippen LogP contribution in [0, 0.1) is 0 Å². The minimum absolute atomic E-state index is 0.0793. The lowest BCUT2D eigenvalue weighted by atomic mass is 10.2. The summed E-state index contributed by atoms with van der Waals surface area (Å²) in [6, 6.07) is 1.44. The number of carbonyl (C=O) groups is 2. The molecule has 0 aromatic carbocycles. The van der Waals surface area contributed by atoms with Crippen LogP contribution >= 0.6 is 11.6 Å². The number of aromatic nitrogens is 3. The molecular formula is C10H9ClN4O3. The summed E-state index contributed by atoms with van der Waals surface area (Å²) in [7, 11) is 3.04. The van der Waals surface area contributed by atoms with Crippen LogP contribution in [-0.4, -0.2) is 50.6 Å². The SMILES string of the molecule is CN(C)C(=O)c1c(C(=O)O)cnc2cc(Cl)nn12. The predicted molar refractivity (Wildman–Crippen MR) is 63.0 cm³/mol. The van der Waals surface area contributed by atoms with Crippen molar-refractivity contribution in [3.63, 3.8) is 0 Å². The van der Waals surface area contributed by atoms with E-state index in [1.165, 1.54) is 25.1 Å². The first kappa shape index (κ1) is 12.3. The Morgan fingerprint density at radius 2 is 2.11 bits per heavy atom. The maximum absolute atomic E-state index is 12.0. The number of carboxylic acids is 1. The molecule has 0 bridgehead atoms. The van der Waals surface area contributed by atoms with Crippen LogP contribution in [0.5, 0.6) is 0 Å². The second-order valence-electron chi connectivity index (χ2n) is 3.76.